The van der Waals surface area contributed by atoms with E-state index in [-0.39, 0.29) is 0 Å². The molecule has 76 valence electrons. The Balaban J connectivity index is 2.19. The molecule has 1 nitrogen and oxygen atoms in total. The summed E-state index contributed by atoms with van der Waals surface area (Å²) in [5.74, 6) is 0.673. The van der Waals surface area contributed by atoms with Gasteiger partial charge in [0, 0.05) is 22.7 Å². The molecule has 0 radical (unpaired) electrons. The van der Waals surface area contributed by atoms with Gasteiger partial charge in [-0.15, -0.1) is 11.3 Å². The third kappa shape index (κ3) is 2.06. The topological polar surface area (TPSA) is 12.4 Å². The molecule has 0 unspecified atom stereocenters. The van der Waals surface area contributed by atoms with E-state index in [0.29, 0.717) is 5.92 Å². The predicted molar refractivity (Wildman–Crippen MR) is 63.5 cm³/mol. The molecule has 1 aromatic heterocycles. The van der Waals surface area contributed by atoms with Gasteiger partial charge in [-0.3, -0.25) is 4.99 Å². The summed E-state index contributed by atoms with van der Waals surface area (Å²) in [6.07, 6.45) is 3.72. The SMILES string of the molecule is CC(C)CN=C1CCCc2sccc21. The standard InChI is InChI=1S/C12H17NS/c1-9(2)8-13-11-4-3-5-12-10(11)6-7-14-12/h6-7,9H,3-5,8H2,1-2H3. The van der Waals surface area contributed by atoms with Crippen molar-refractivity contribution in [3.63, 3.8) is 0 Å². The Bertz CT molecular complexity index is 336. The number of hydrogen-bond acceptors (Lipinski definition) is 2. The van der Waals surface area contributed by atoms with E-state index in [4.69, 9.17) is 4.99 Å². The van der Waals surface area contributed by atoms with Crippen LogP contribution in [0.1, 0.15) is 37.1 Å². The average Bonchev–Trinajstić information content (AvgIpc) is 2.62. The van der Waals surface area contributed by atoms with Gasteiger partial charge in [-0.05, 0) is 36.6 Å². The van der Waals surface area contributed by atoms with Crippen molar-refractivity contribution in [2.24, 2.45) is 10.9 Å². The lowest BCUT2D eigenvalue weighted by atomic mass is 9.97. The Hall–Kier alpha value is -0.630. The molecule has 0 aliphatic heterocycles. The molecule has 14 heavy (non-hydrogen) atoms. The van der Waals surface area contributed by atoms with Gasteiger partial charge < -0.3 is 0 Å². The quantitative estimate of drug-likeness (QED) is 0.703. The second kappa shape index (κ2) is 4.26. The second-order valence-corrected chi connectivity index (χ2v) is 5.29. The van der Waals surface area contributed by atoms with Crippen LogP contribution >= 0.6 is 11.3 Å². The molecule has 0 saturated carbocycles. The maximum Gasteiger partial charge on any atom is 0.0431 e. The first-order chi connectivity index (χ1) is 6.77. The van der Waals surface area contributed by atoms with Crippen molar-refractivity contribution in [3.8, 4) is 0 Å². The summed E-state index contributed by atoms with van der Waals surface area (Å²) in [5, 5.41) is 2.20. The van der Waals surface area contributed by atoms with E-state index in [2.05, 4.69) is 25.3 Å². The summed E-state index contributed by atoms with van der Waals surface area (Å²) in [5.41, 5.74) is 2.78. The zero-order chi connectivity index (χ0) is 9.97. The van der Waals surface area contributed by atoms with Crippen LogP contribution < -0.4 is 0 Å². The van der Waals surface area contributed by atoms with Crippen LogP contribution in [0.3, 0.4) is 0 Å². The fourth-order valence-electron chi connectivity index (χ4n) is 1.80. The normalized spacial score (nSPS) is 18.9. The van der Waals surface area contributed by atoms with Crippen LogP contribution in [0.5, 0.6) is 0 Å². The van der Waals surface area contributed by atoms with Crippen molar-refractivity contribution < 1.29 is 0 Å². The van der Waals surface area contributed by atoms with Crippen molar-refractivity contribution in [1.82, 2.24) is 0 Å². The van der Waals surface area contributed by atoms with E-state index in [1.165, 1.54) is 30.5 Å². The van der Waals surface area contributed by atoms with Crippen LogP contribution in [-0.4, -0.2) is 12.3 Å². The van der Waals surface area contributed by atoms with Crippen LogP contribution in [0, 0.1) is 5.92 Å². The number of nitrogens with zero attached hydrogens (tertiary/aromatic N) is 1. The van der Waals surface area contributed by atoms with Gasteiger partial charge in [0.1, 0.15) is 0 Å². The minimum atomic E-state index is 0.673. The van der Waals surface area contributed by atoms with Gasteiger partial charge in [-0.25, -0.2) is 0 Å². The Morgan fingerprint density at radius 3 is 3.07 bits per heavy atom. The van der Waals surface area contributed by atoms with E-state index < -0.39 is 0 Å². The summed E-state index contributed by atoms with van der Waals surface area (Å²) in [7, 11) is 0. The largest absolute Gasteiger partial charge is 0.289 e. The molecule has 1 aliphatic rings. The zero-order valence-electron chi connectivity index (χ0n) is 8.92. The number of hydrogen-bond donors (Lipinski definition) is 0. The molecular formula is C12H17NS. The highest BCUT2D eigenvalue weighted by molar-refractivity contribution is 7.10. The summed E-state index contributed by atoms with van der Waals surface area (Å²) in [6.45, 7) is 5.42. The molecule has 2 heteroatoms. The molecule has 2 rings (SSSR count). The van der Waals surface area contributed by atoms with Crippen molar-refractivity contribution in [2.75, 3.05) is 6.54 Å². The van der Waals surface area contributed by atoms with E-state index in [0.717, 1.165) is 6.54 Å². The van der Waals surface area contributed by atoms with E-state index in [1.807, 2.05) is 11.3 Å². The van der Waals surface area contributed by atoms with Gasteiger partial charge in [0.05, 0.1) is 0 Å². The molecular weight excluding hydrogens is 190 g/mol. The number of aliphatic imine (C=N–C) groups is 1. The second-order valence-electron chi connectivity index (χ2n) is 4.29. The Morgan fingerprint density at radius 1 is 1.43 bits per heavy atom. The maximum absolute atomic E-state index is 4.72. The van der Waals surface area contributed by atoms with Gasteiger partial charge in [-0.2, -0.15) is 0 Å². The van der Waals surface area contributed by atoms with Crippen LogP contribution in [0.15, 0.2) is 16.4 Å². The molecule has 0 saturated heterocycles. The van der Waals surface area contributed by atoms with E-state index >= 15 is 0 Å². The number of thiophene rings is 1. The Labute approximate surface area is 89.9 Å². The zero-order valence-corrected chi connectivity index (χ0v) is 9.73. The lowest BCUT2D eigenvalue weighted by molar-refractivity contribution is 0.662. The summed E-state index contributed by atoms with van der Waals surface area (Å²) < 4.78 is 0. The lowest BCUT2D eigenvalue weighted by Crippen LogP contribution is -2.10. The molecule has 0 N–H and O–H groups in total. The molecule has 0 amide bonds. The predicted octanol–water partition coefficient (Wildman–Crippen LogP) is 3.53. The fourth-order valence-corrected chi connectivity index (χ4v) is 2.74. The monoisotopic (exact) mass is 207 g/mol. The van der Waals surface area contributed by atoms with Crippen molar-refractivity contribution in [1.29, 1.82) is 0 Å². The van der Waals surface area contributed by atoms with Gasteiger partial charge in [0.2, 0.25) is 0 Å². The van der Waals surface area contributed by atoms with E-state index in [9.17, 15) is 0 Å². The first kappa shape index (κ1) is 9.91. The van der Waals surface area contributed by atoms with Crippen molar-refractivity contribution in [2.45, 2.75) is 33.1 Å². The third-order valence-electron chi connectivity index (χ3n) is 2.52. The summed E-state index contributed by atoms with van der Waals surface area (Å²) in [6, 6.07) is 2.23. The van der Waals surface area contributed by atoms with Crippen LogP contribution in [-0.2, 0) is 6.42 Å². The van der Waals surface area contributed by atoms with Crippen LogP contribution in [0.25, 0.3) is 0 Å². The number of rotatable bonds is 2. The van der Waals surface area contributed by atoms with Gasteiger partial charge in [0.15, 0.2) is 0 Å². The average molecular weight is 207 g/mol. The minimum absolute atomic E-state index is 0.673. The molecule has 0 aromatic carbocycles. The summed E-state index contributed by atoms with van der Waals surface area (Å²) >= 11 is 1.88. The Kier molecular flexibility index (Phi) is 3.02. The molecule has 1 aliphatic carbocycles. The molecule has 1 aromatic rings. The lowest BCUT2D eigenvalue weighted by Gasteiger charge is -2.14. The summed E-state index contributed by atoms with van der Waals surface area (Å²) in [4.78, 5) is 6.26. The molecule has 0 atom stereocenters. The first-order valence-electron chi connectivity index (χ1n) is 5.37. The highest BCUT2D eigenvalue weighted by Crippen LogP contribution is 2.26. The minimum Gasteiger partial charge on any atom is -0.289 e. The highest BCUT2D eigenvalue weighted by atomic mass is 32.1. The molecule has 0 bridgehead atoms. The van der Waals surface area contributed by atoms with Gasteiger partial charge in [0.25, 0.3) is 0 Å². The van der Waals surface area contributed by atoms with Crippen LogP contribution in [0.2, 0.25) is 0 Å². The van der Waals surface area contributed by atoms with Crippen LogP contribution in [0.4, 0.5) is 0 Å². The van der Waals surface area contributed by atoms with Crippen molar-refractivity contribution in [3.05, 3.63) is 21.9 Å². The number of fused-ring (bicyclic) bond motifs is 1. The van der Waals surface area contributed by atoms with Crippen molar-refractivity contribution >= 4 is 17.0 Å². The molecule has 0 fully saturated rings. The number of aryl methyl sites for hydroxylation is 1. The van der Waals surface area contributed by atoms with Gasteiger partial charge in [-0.1, -0.05) is 13.8 Å². The first-order valence-corrected chi connectivity index (χ1v) is 6.25. The highest BCUT2D eigenvalue weighted by Gasteiger charge is 2.15. The smallest absolute Gasteiger partial charge is 0.0431 e. The Morgan fingerprint density at radius 2 is 2.29 bits per heavy atom. The van der Waals surface area contributed by atoms with Gasteiger partial charge >= 0.3 is 0 Å². The maximum atomic E-state index is 4.72. The molecule has 1 heterocycles. The fraction of sp³-hybridized carbons (Fsp3) is 0.583. The molecule has 0 spiro atoms. The third-order valence-corrected chi connectivity index (χ3v) is 3.50. The van der Waals surface area contributed by atoms with E-state index in [1.54, 1.807) is 4.88 Å².